The van der Waals surface area contributed by atoms with E-state index < -0.39 is 6.10 Å². The summed E-state index contributed by atoms with van der Waals surface area (Å²) in [6.45, 7) is 1.85. The molecule has 4 heteroatoms. The van der Waals surface area contributed by atoms with Gasteiger partial charge in [-0.15, -0.1) is 0 Å². The van der Waals surface area contributed by atoms with Crippen LogP contribution in [0.15, 0.2) is 47.0 Å². The minimum Gasteiger partial charge on any atom is -0.458 e. The van der Waals surface area contributed by atoms with Gasteiger partial charge >= 0.3 is 0 Å². The molecule has 96 valence electrons. The molecule has 2 aromatic heterocycles. The molecule has 0 radical (unpaired) electrons. The van der Waals surface area contributed by atoms with Crippen LogP contribution in [0.2, 0.25) is 0 Å². The zero-order chi connectivity index (χ0) is 13.4. The van der Waals surface area contributed by atoms with Gasteiger partial charge in [0.05, 0.1) is 0 Å². The normalized spacial score (nSPS) is 12.8. The molecule has 0 fully saturated rings. The molecular weight excluding hydrogens is 245 g/mol. The van der Waals surface area contributed by atoms with Crippen molar-refractivity contribution in [3.05, 3.63) is 65.4 Å². The van der Waals surface area contributed by atoms with E-state index in [1.165, 1.54) is 12.1 Å². The van der Waals surface area contributed by atoms with Crippen molar-refractivity contribution in [2.45, 2.75) is 13.0 Å². The number of aliphatic hydroxyl groups is 1. The Kier molecular flexibility index (Phi) is 2.80. The molecule has 0 saturated carbocycles. The summed E-state index contributed by atoms with van der Waals surface area (Å²) in [7, 11) is 0. The summed E-state index contributed by atoms with van der Waals surface area (Å²) >= 11 is 0. The molecule has 1 N–H and O–H groups in total. The highest BCUT2D eigenvalue weighted by Gasteiger charge is 2.16. The van der Waals surface area contributed by atoms with Crippen LogP contribution >= 0.6 is 0 Å². The molecule has 0 aliphatic rings. The number of nitrogens with zero attached hydrogens (tertiary/aromatic N) is 1. The van der Waals surface area contributed by atoms with Crippen molar-refractivity contribution < 1.29 is 13.9 Å². The zero-order valence-electron chi connectivity index (χ0n) is 10.3. The van der Waals surface area contributed by atoms with Crippen LogP contribution in [-0.4, -0.2) is 10.1 Å². The number of pyridine rings is 1. The van der Waals surface area contributed by atoms with Crippen molar-refractivity contribution in [2.24, 2.45) is 0 Å². The molecule has 0 spiro atoms. The van der Waals surface area contributed by atoms with Crippen LogP contribution in [0.4, 0.5) is 4.39 Å². The monoisotopic (exact) mass is 257 g/mol. The average molecular weight is 257 g/mol. The molecule has 3 aromatic rings. The average Bonchev–Trinajstić information content (AvgIpc) is 2.80. The van der Waals surface area contributed by atoms with Gasteiger partial charge in [0, 0.05) is 17.3 Å². The fraction of sp³-hybridized carbons (Fsp3) is 0.133. The van der Waals surface area contributed by atoms with Crippen LogP contribution in [0.3, 0.4) is 0 Å². The SMILES string of the molecule is Cc1cc(C(O)c2cc3cc(F)ccc3o2)ccn1. The highest BCUT2D eigenvalue weighted by atomic mass is 19.1. The summed E-state index contributed by atoms with van der Waals surface area (Å²) in [5, 5.41) is 10.9. The largest absolute Gasteiger partial charge is 0.458 e. The summed E-state index contributed by atoms with van der Waals surface area (Å²) in [6.07, 6.45) is 0.757. The van der Waals surface area contributed by atoms with Gasteiger partial charge in [0.2, 0.25) is 0 Å². The van der Waals surface area contributed by atoms with Crippen LogP contribution in [-0.2, 0) is 0 Å². The van der Waals surface area contributed by atoms with Crippen LogP contribution in [0.25, 0.3) is 11.0 Å². The van der Waals surface area contributed by atoms with E-state index in [9.17, 15) is 9.50 Å². The molecule has 0 bridgehead atoms. The van der Waals surface area contributed by atoms with Gasteiger partial charge in [0.1, 0.15) is 23.3 Å². The van der Waals surface area contributed by atoms with Gasteiger partial charge in [-0.3, -0.25) is 4.98 Å². The molecule has 3 nitrogen and oxygen atoms in total. The predicted molar refractivity (Wildman–Crippen MR) is 69.2 cm³/mol. The van der Waals surface area contributed by atoms with Crippen molar-refractivity contribution in [1.29, 1.82) is 0 Å². The van der Waals surface area contributed by atoms with Gasteiger partial charge in [-0.05, 0) is 48.9 Å². The lowest BCUT2D eigenvalue weighted by atomic mass is 10.1. The number of halogens is 1. The fourth-order valence-corrected chi connectivity index (χ4v) is 2.07. The number of furan rings is 1. The number of fused-ring (bicyclic) bond motifs is 1. The number of aliphatic hydroxyl groups excluding tert-OH is 1. The van der Waals surface area contributed by atoms with Crippen molar-refractivity contribution >= 4 is 11.0 Å². The van der Waals surface area contributed by atoms with E-state index in [0.29, 0.717) is 22.3 Å². The molecule has 2 heterocycles. The lowest BCUT2D eigenvalue weighted by molar-refractivity contribution is 0.192. The molecule has 0 aliphatic heterocycles. The maximum Gasteiger partial charge on any atom is 0.138 e. The number of benzene rings is 1. The molecule has 0 amide bonds. The highest BCUT2D eigenvalue weighted by molar-refractivity contribution is 5.78. The number of hydrogen-bond acceptors (Lipinski definition) is 3. The van der Waals surface area contributed by atoms with E-state index in [2.05, 4.69) is 4.98 Å². The Morgan fingerprint density at radius 3 is 2.84 bits per heavy atom. The van der Waals surface area contributed by atoms with Crippen LogP contribution in [0.1, 0.15) is 23.1 Å². The van der Waals surface area contributed by atoms with E-state index in [-0.39, 0.29) is 5.82 Å². The fourth-order valence-electron chi connectivity index (χ4n) is 2.07. The quantitative estimate of drug-likeness (QED) is 0.765. The van der Waals surface area contributed by atoms with Crippen LogP contribution < -0.4 is 0 Å². The Bertz CT molecular complexity index is 736. The maximum atomic E-state index is 13.1. The third kappa shape index (κ3) is 2.22. The minimum absolute atomic E-state index is 0.325. The van der Waals surface area contributed by atoms with Crippen molar-refractivity contribution in [3.8, 4) is 0 Å². The minimum atomic E-state index is -0.878. The standard InChI is InChI=1S/C15H12FNO2/c1-9-6-10(4-5-17-9)15(18)14-8-11-7-12(16)2-3-13(11)19-14/h2-8,15,18H,1H3. The second-order valence-electron chi connectivity index (χ2n) is 4.46. The Hall–Kier alpha value is -2.20. The zero-order valence-corrected chi connectivity index (χ0v) is 10.3. The number of aromatic nitrogens is 1. The van der Waals surface area contributed by atoms with E-state index in [4.69, 9.17) is 4.42 Å². The number of rotatable bonds is 2. The van der Waals surface area contributed by atoms with E-state index in [0.717, 1.165) is 5.69 Å². The Balaban J connectivity index is 2.04. The Labute approximate surface area is 109 Å². The van der Waals surface area contributed by atoms with Gasteiger partial charge in [-0.2, -0.15) is 0 Å². The van der Waals surface area contributed by atoms with Crippen molar-refractivity contribution in [3.63, 3.8) is 0 Å². The second-order valence-corrected chi connectivity index (χ2v) is 4.46. The number of hydrogen-bond donors (Lipinski definition) is 1. The van der Waals surface area contributed by atoms with Crippen molar-refractivity contribution in [1.82, 2.24) is 4.98 Å². The van der Waals surface area contributed by atoms with Crippen molar-refractivity contribution in [2.75, 3.05) is 0 Å². The molecule has 1 aromatic carbocycles. The molecule has 0 saturated heterocycles. The third-order valence-electron chi connectivity index (χ3n) is 3.00. The number of aryl methyl sites for hydroxylation is 1. The first-order valence-corrected chi connectivity index (χ1v) is 5.93. The molecule has 19 heavy (non-hydrogen) atoms. The Morgan fingerprint density at radius 2 is 2.05 bits per heavy atom. The van der Waals surface area contributed by atoms with Crippen LogP contribution in [0.5, 0.6) is 0 Å². The van der Waals surface area contributed by atoms with Gasteiger partial charge in [-0.1, -0.05) is 0 Å². The van der Waals surface area contributed by atoms with E-state index in [1.807, 2.05) is 6.92 Å². The summed E-state index contributed by atoms with van der Waals surface area (Å²) in [5.41, 5.74) is 2.08. The Morgan fingerprint density at radius 1 is 1.21 bits per heavy atom. The first-order valence-electron chi connectivity index (χ1n) is 5.93. The second kappa shape index (κ2) is 4.48. The van der Waals surface area contributed by atoms with E-state index in [1.54, 1.807) is 30.5 Å². The highest BCUT2D eigenvalue weighted by Crippen LogP contribution is 2.28. The first kappa shape index (κ1) is 11.9. The summed E-state index contributed by atoms with van der Waals surface area (Å²) in [5.74, 6) is 0.0697. The third-order valence-corrected chi connectivity index (χ3v) is 3.00. The summed E-state index contributed by atoms with van der Waals surface area (Å²) in [4.78, 5) is 4.08. The lowest BCUT2D eigenvalue weighted by Gasteiger charge is -2.07. The summed E-state index contributed by atoms with van der Waals surface area (Å²) < 4.78 is 18.7. The first-order chi connectivity index (χ1) is 9.13. The van der Waals surface area contributed by atoms with Gasteiger partial charge < -0.3 is 9.52 Å². The predicted octanol–water partition coefficient (Wildman–Crippen LogP) is 3.36. The smallest absolute Gasteiger partial charge is 0.138 e. The van der Waals surface area contributed by atoms with Gasteiger partial charge in [-0.25, -0.2) is 4.39 Å². The van der Waals surface area contributed by atoms with E-state index >= 15 is 0 Å². The maximum absolute atomic E-state index is 13.1. The molecule has 3 rings (SSSR count). The topological polar surface area (TPSA) is 46.3 Å². The molecule has 1 atom stereocenters. The lowest BCUT2D eigenvalue weighted by Crippen LogP contribution is -1.98. The molecule has 0 aliphatic carbocycles. The molecular formula is C15H12FNO2. The van der Waals surface area contributed by atoms with Gasteiger partial charge in [0.25, 0.3) is 0 Å². The van der Waals surface area contributed by atoms with Crippen LogP contribution in [0, 0.1) is 12.7 Å². The molecule has 1 unspecified atom stereocenters. The van der Waals surface area contributed by atoms with Gasteiger partial charge in [0.15, 0.2) is 0 Å². The summed E-state index contributed by atoms with van der Waals surface area (Å²) in [6, 6.07) is 9.44.